The molecule has 0 aliphatic heterocycles. The van der Waals surface area contributed by atoms with Crippen LogP contribution in [0.2, 0.25) is 0 Å². The van der Waals surface area contributed by atoms with Crippen LogP contribution in [0.1, 0.15) is 27.2 Å². The second-order valence-electron chi connectivity index (χ2n) is 5.09. The normalized spacial score (nSPS) is 11.3. The number of hydrogen-bond donors (Lipinski definition) is 2. The molecule has 2 rings (SSSR count). The maximum atomic E-state index is 12.4. The van der Waals surface area contributed by atoms with E-state index >= 15 is 0 Å². The Hall–Kier alpha value is -2.72. The standard InChI is InChI=1S/C14H15N3O6S/c1-8-6-11(17(19)20)7-13(9(8)2)24(21,22)16-15-14(18)12-4-5-23-10(12)3/h4-7,16H,1-3H3,(H,15,18). The number of hydrazine groups is 1. The van der Waals surface area contributed by atoms with Crippen LogP contribution in [-0.2, 0) is 10.0 Å². The van der Waals surface area contributed by atoms with Gasteiger partial charge in [0.2, 0.25) is 0 Å². The Balaban J connectivity index is 2.29. The first-order valence-electron chi connectivity index (χ1n) is 6.75. The molecule has 0 aliphatic rings. The number of carbonyl (C=O) groups is 1. The summed E-state index contributed by atoms with van der Waals surface area (Å²) in [6.07, 6.45) is 1.30. The number of benzene rings is 1. The fourth-order valence-electron chi connectivity index (χ4n) is 2.05. The molecule has 2 aromatic rings. The van der Waals surface area contributed by atoms with Gasteiger partial charge in [-0.15, -0.1) is 4.83 Å². The van der Waals surface area contributed by atoms with E-state index in [0.717, 1.165) is 6.07 Å². The van der Waals surface area contributed by atoms with E-state index in [2.05, 4.69) is 5.43 Å². The Kier molecular flexibility index (Phi) is 4.71. The molecule has 0 aliphatic carbocycles. The molecule has 1 amide bonds. The van der Waals surface area contributed by atoms with Crippen LogP contribution < -0.4 is 10.3 Å². The lowest BCUT2D eigenvalue weighted by Gasteiger charge is -2.11. The van der Waals surface area contributed by atoms with Crippen molar-refractivity contribution in [1.29, 1.82) is 0 Å². The predicted octanol–water partition coefficient (Wildman–Crippen LogP) is 1.74. The molecule has 0 saturated heterocycles. The minimum absolute atomic E-state index is 0.171. The first-order valence-corrected chi connectivity index (χ1v) is 8.23. The molecule has 128 valence electrons. The summed E-state index contributed by atoms with van der Waals surface area (Å²) in [6, 6.07) is 3.61. The molecule has 0 unspecified atom stereocenters. The van der Waals surface area contributed by atoms with Crippen LogP contribution in [0.5, 0.6) is 0 Å². The summed E-state index contributed by atoms with van der Waals surface area (Å²) in [5.74, 6) is -0.376. The Labute approximate surface area is 137 Å². The van der Waals surface area contributed by atoms with E-state index in [1.54, 1.807) is 13.8 Å². The zero-order chi connectivity index (χ0) is 18.1. The second-order valence-corrected chi connectivity index (χ2v) is 6.74. The number of nitrogens with one attached hydrogen (secondary N) is 2. The summed E-state index contributed by atoms with van der Waals surface area (Å²) in [5.41, 5.74) is 2.67. The molecule has 10 heteroatoms. The summed E-state index contributed by atoms with van der Waals surface area (Å²) in [7, 11) is -4.19. The summed E-state index contributed by atoms with van der Waals surface area (Å²) in [6.45, 7) is 4.64. The van der Waals surface area contributed by atoms with E-state index in [4.69, 9.17) is 4.42 Å². The smallest absolute Gasteiger partial charge is 0.271 e. The largest absolute Gasteiger partial charge is 0.469 e. The molecule has 1 aromatic heterocycles. The highest BCUT2D eigenvalue weighted by Gasteiger charge is 2.23. The number of non-ortho nitro benzene ring substituents is 1. The van der Waals surface area contributed by atoms with Gasteiger partial charge in [-0.25, -0.2) is 8.42 Å². The number of sulfonamides is 1. The van der Waals surface area contributed by atoms with Crippen LogP contribution in [0, 0.1) is 30.9 Å². The minimum atomic E-state index is -4.19. The molecule has 1 heterocycles. The highest BCUT2D eigenvalue weighted by atomic mass is 32.2. The van der Waals surface area contributed by atoms with Crippen molar-refractivity contribution in [2.24, 2.45) is 0 Å². The summed E-state index contributed by atoms with van der Waals surface area (Å²) < 4.78 is 29.7. The molecule has 9 nitrogen and oxygen atoms in total. The Morgan fingerprint density at radius 3 is 2.46 bits per heavy atom. The zero-order valence-corrected chi connectivity index (χ0v) is 13.9. The lowest BCUT2D eigenvalue weighted by atomic mass is 10.1. The van der Waals surface area contributed by atoms with Crippen molar-refractivity contribution in [1.82, 2.24) is 10.3 Å². The highest BCUT2D eigenvalue weighted by Crippen LogP contribution is 2.25. The average molecular weight is 353 g/mol. The molecule has 24 heavy (non-hydrogen) atoms. The van der Waals surface area contributed by atoms with E-state index in [1.165, 1.54) is 25.3 Å². The van der Waals surface area contributed by atoms with Crippen molar-refractivity contribution in [3.8, 4) is 0 Å². The molecule has 0 fully saturated rings. The molecule has 2 N–H and O–H groups in total. The summed E-state index contributed by atoms with van der Waals surface area (Å²) in [4.78, 5) is 23.8. The Bertz CT molecular complexity index is 917. The second kappa shape index (κ2) is 6.42. The summed E-state index contributed by atoms with van der Waals surface area (Å²) >= 11 is 0. The Morgan fingerprint density at radius 2 is 1.92 bits per heavy atom. The number of nitro benzene ring substituents is 1. The number of rotatable bonds is 5. The Morgan fingerprint density at radius 1 is 1.25 bits per heavy atom. The van der Waals surface area contributed by atoms with E-state index in [-0.39, 0.29) is 16.1 Å². The van der Waals surface area contributed by atoms with Crippen molar-refractivity contribution < 1.29 is 22.6 Å². The fourth-order valence-corrected chi connectivity index (χ4v) is 3.23. The van der Waals surface area contributed by atoms with Crippen LogP contribution in [-0.4, -0.2) is 19.2 Å². The van der Waals surface area contributed by atoms with Crippen molar-refractivity contribution in [3.63, 3.8) is 0 Å². The van der Waals surface area contributed by atoms with Crippen LogP contribution in [0.25, 0.3) is 0 Å². The number of aryl methyl sites for hydroxylation is 2. The third-order valence-corrected chi connectivity index (χ3v) is 4.88. The SMILES string of the molecule is Cc1cc([N+](=O)[O-])cc(S(=O)(=O)NNC(=O)c2ccoc2C)c1C. The molecule has 0 atom stereocenters. The number of carbonyl (C=O) groups excluding carboxylic acids is 1. The quantitative estimate of drug-likeness (QED) is 0.621. The van der Waals surface area contributed by atoms with Crippen molar-refractivity contribution in [3.05, 3.63) is 57.0 Å². The number of hydrogen-bond acceptors (Lipinski definition) is 6. The average Bonchev–Trinajstić information content (AvgIpc) is 2.93. The van der Waals surface area contributed by atoms with Gasteiger partial charge in [-0.05, 0) is 38.0 Å². The third-order valence-electron chi connectivity index (χ3n) is 3.51. The van der Waals surface area contributed by atoms with E-state index in [9.17, 15) is 23.3 Å². The number of nitro groups is 1. The third kappa shape index (κ3) is 3.44. The minimum Gasteiger partial charge on any atom is -0.469 e. The van der Waals surface area contributed by atoms with E-state index in [0.29, 0.717) is 16.9 Å². The lowest BCUT2D eigenvalue weighted by Crippen LogP contribution is -2.41. The molecule has 1 aromatic carbocycles. The van der Waals surface area contributed by atoms with Gasteiger partial charge in [-0.2, -0.15) is 0 Å². The first-order chi connectivity index (χ1) is 11.1. The number of nitrogens with zero attached hydrogens (tertiary/aromatic N) is 1. The molecular weight excluding hydrogens is 338 g/mol. The fraction of sp³-hybridized carbons (Fsp3) is 0.214. The van der Waals surface area contributed by atoms with Gasteiger partial charge in [0.15, 0.2) is 0 Å². The predicted molar refractivity (Wildman–Crippen MR) is 83.8 cm³/mol. The van der Waals surface area contributed by atoms with Gasteiger partial charge < -0.3 is 4.42 Å². The molecular formula is C14H15N3O6S. The number of amides is 1. The lowest BCUT2D eigenvalue weighted by molar-refractivity contribution is -0.385. The molecule has 0 spiro atoms. The van der Waals surface area contributed by atoms with Crippen molar-refractivity contribution in [2.45, 2.75) is 25.7 Å². The summed E-state index contributed by atoms with van der Waals surface area (Å²) in [5, 5.41) is 10.9. The van der Waals surface area contributed by atoms with Crippen LogP contribution >= 0.6 is 0 Å². The van der Waals surface area contributed by atoms with Crippen LogP contribution in [0.15, 0.2) is 33.8 Å². The molecule has 0 saturated carbocycles. The maximum Gasteiger partial charge on any atom is 0.271 e. The van der Waals surface area contributed by atoms with Crippen molar-refractivity contribution >= 4 is 21.6 Å². The van der Waals surface area contributed by atoms with Gasteiger partial charge in [0.1, 0.15) is 5.76 Å². The monoisotopic (exact) mass is 353 g/mol. The van der Waals surface area contributed by atoms with Crippen LogP contribution in [0.3, 0.4) is 0 Å². The van der Waals surface area contributed by atoms with Gasteiger partial charge >= 0.3 is 0 Å². The van der Waals surface area contributed by atoms with Gasteiger partial charge in [0.05, 0.1) is 21.6 Å². The van der Waals surface area contributed by atoms with Gasteiger partial charge in [-0.1, -0.05) is 0 Å². The zero-order valence-electron chi connectivity index (χ0n) is 13.1. The van der Waals surface area contributed by atoms with Crippen molar-refractivity contribution in [2.75, 3.05) is 0 Å². The van der Waals surface area contributed by atoms with Crippen LogP contribution in [0.4, 0.5) is 5.69 Å². The van der Waals surface area contributed by atoms with E-state index in [1.807, 2.05) is 4.83 Å². The highest BCUT2D eigenvalue weighted by molar-refractivity contribution is 7.89. The van der Waals surface area contributed by atoms with Gasteiger partial charge in [0, 0.05) is 12.1 Å². The van der Waals surface area contributed by atoms with Gasteiger partial charge in [0.25, 0.3) is 21.6 Å². The molecule has 0 bridgehead atoms. The van der Waals surface area contributed by atoms with Gasteiger partial charge in [-0.3, -0.25) is 20.3 Å². The number of furan rings is 1. The maximum absolute atomic E-state index is 12.4. The topological polar surface area (TPSA) is 132 Å². The molecule has 0 radical (unpaired) electrons. The van der Waals surface area contributed by atoms with E-state index < -0.39 is 20.9 Å². The first kappa shape index (κ1) is 17.6.